The fourth-order valence-electron chi connectivity index (χ4n) is 4.10. The molecule has 0 bridgehead atoms. The van der Waals surface area contributed by atoms with E-state index in [0.29, 0.717) is 6.61 Å². The first kappa shape index (κ1) is 33.0. The van der Waals surface area contributed by atoms with Crippen molar-refractivity contribution in [2.45, 2.75) is 59.3 Å². The molecule has 0 saturated heterocycles. The van der Waals surface area contributed by atoms with E-state index in [1.54, 1.807) is 35.0 Å². The second kappa shape index (κ2) is 16.8. The van der Waals surface area contributed by atoms with Gasteiger partial charge in [-0.05, 0) is 54.5 Å². The lowest BCUT2D eigenvalue weighted by molar-refractivity contribution is -0.108. The van der Waals surface area contributed by atoms with Crippen molar-refractivity contribution in [2.24, 2.45) is 0 Å². The second-order valence-electron chi connectivity index (χ2n) is 10.1. The minimum atomic E-state index is -0.613. The van der Waals surface area contributed by atoms with Gasteiger partial charge in [0.2, 0.25) is 0 Å². The summed E-state index contributed by atoms with van der Waals surface area (Å²) < 4.78 is 15.8. The molecule has 4 rings (SSSR count). The summed E-state index contributed by atoms with van der Waals surface area (Å²) in [6.45, 7) is 9.91. The summed E-state index contributed by atoms with van der Waals surface area (Å²) in [6, 6.07) is 29.8. The molecule has 6 nitrogen and oxygen atoms in total. The van der Waals surface area contributed by atoms with E-state index < -0.39 is 17.7 Å². The molecule has 0 radical (unpaired) electrons. The highest BCUT2D eigenvalue weighted by atomic mass is 16.6. The maximum atomic E-state index is 12.3. The first-order chi connectivity index (χ1) is 19.8. The first-order valence-electron chi connectivity index (χ1n) is 13.9. The van der Waals surface area contributed by atoms with E-state index in [4.69, 9.17) is 9.47 Å². The van der Waals surface area contributed by atoms with Crippen LogP contribution in [0, 0.1) is 0 Å². The molecule has 0 aliphatic rings. The van der Waals surface area contributed by atoms with Crippen LogP contribution in [0.15, 0.2) is 91.0 Å². The zero-order valence-corrected chi connectivity index (χ0v) is 25.3. The molecule has 0 spiro atoms. The molecule has 218 valence electrons. The molecule has 4 aromatic rings. The van der Waals surface area contributed by atoms with Gasteiger partial charge >= 0.3 is 6.09 Å². The van der Waals surface area contributed by atoms with E-state index in [2.05, 4.69) is 28.3 Å². The SMILES string of the molecule is CC.CC(C)(C)OC(=O)NC(CC=O)c1ccc(-c2ccc(OCc3ccccc3)c3ccccc23)cc1.COC. The zero-order chi connectivity index (χ0) is 30.3. The van der Waals surface area contributed by atoms with Gasteiger partial charge < -0.3 is 24.3 Å². The fraction of sp³-hybridized carbons (Fsp3) is 0.314. The third-order valence-electron chi connectivity index (χ3n) is 5.77. The third-order valence-corrected chi connectivity index (χ3v) is 5.77. The highest BCUT2D eigenvalue weighted by Gasteiger charge is 2.20. The van der Waals surface area contributed by atoms with E-state index in [1.807, 2.05) is 86.6 Å². The molecule has 0 aliphatic heterocycles. The summed E-state index contributed by atoms with van der Waals surface area (Å²) in [4.78, 5) is 23.5. The van der Waals surface area contributed by atoms with Crippen molar-refractivity contribution in [1.82, 2.24) is 5.32 Å². The Kier molecular flexibility index (Phi) is 13.6. The molecular formula is C35H43NO5. The predicted octanol–water partition coefficient (Wildman–Crippen LogP) is 8.53. The molecule has 0 heterocycles. The summed E-state index contributed by atoms with van der Waals surface area (Å²) in [6.07, 6.45) is 0.419. The van der Waals surface area contributed by atoms with Gasteiger partial charge in [-0.2, -0.15) is 0 Å². The van der Waals surface area contributed by atoms with Crippen LogP contribution in [0.3, 0.4) is 0 Å². The summed E-state index contributed by atoms with van der Waals surface area (Å²) in [5.74, 6) is 0.836. The monoisotopic (exact) mass is 557 g/mol. The lowest BCUT2D eigenvalue weighted by Gasteiger charge is -2.23. The normalized spacial score (nSPS) is 11.2. The molecule has 1 N–H and O–H groups in total. The Morgan fingerprint density at radius 3 is 2.00 bits per heavy atom. The Morgan fingerprint density at radius 2 is 1.41 bits per heavy atom. The molecule has 0 aliphatic carbocycles. The Balaban J connectivity index is 0.00000110. The Morgan fingerprint density at radius 1 is 0.829 bits per heavy atom. The Labute approximate surface area is 244 Å². The number of benzene rings is 4. The smallest absolute Gasteiger partial charge is 0.408 e. The average molecular weight is 558 g/mol. The highest BCUT2D eigenvalue weighted by Crippen LogP contribution is 2.35. The highest BCUT2D eigenvalue weighted by molar-refractivity contribution is 6.00. The van der Waals surface area contributed by atoms with Crippen LogP contribution < -0.4 is 10.1 Å². The lowest BCUT2D eigenvalue weighted by Crippen LogP contribution is -2.35. The zero-order valence-electron chi connectivity index (χ0n) is 25.3. The molecule has 1 amide bonds. The maximum absolute atomic E-state index is 12.3. The van der Waals surface area contributed by atoms with Gasteiger partial charge in [0.25, 0.3) is 0 Å². The van der Waals surface area contributed by atoms with Gasteiger partial charge in [0.15, 0.2) is 0 Å². The lowest BCUT2D eigenvalue weighted by atomic mass is 9.95. The fourth-order valence-corrected chi connectivity index (χ4v) is 4.10. The minimum absolute atomic E-state index is 0.162. The number of alkyl carbamates (subject to hydrolysis) is 1. The quantitative estimate of drug-likeness (QED) is 0.220. The van der Waals surface area contributed by atoms with E-state index in [-0.39, 0.29) is 6.42 Å². The van der Waals surface area contributed by atoms with Gasteiger partial charge in [-0.25, -0.2) is 4.79 Å². The molecule has 4 aromatic carbocycles. The van der Waals surface area contributed by atoms with Gasteiger partial charge in [-0.3, -0.25) is 0 Å². The number of hydrogen-bond acceptors (Lipinski definition) is 5. The number of carbonyl (C=O) groups is 2. The largest absolute Gasteiger partial charge is 0.488 e. The van der Waals surface area contributed by atoms with Crippen molar-refractivity contribution in [3.63, 3.8) is 0 Å². The molecule has 0 aromatic heterocycles. The Bertz CT molecular complexity index is 1340. The summed E-state index contributed by atoms with van der Waals surface area (Å²) in [5.41, 5.74) is 3.45. The number of fused-ring (bicyclic) bond motifs is 1. The molecule has 0 saturated carbocycles. The van der Waals surface area contributed by atoms with Crippen LogP contribution >= 0.6 is 0 Å². The summed E-state index contributed by atoms with van der Waals surface area (Å²) in [5, 5.41) is 4.94. The van der Waals surface area contributed by atoms with Gasteiger partial charge in [-0.15, -0.1) is 0 Å². The molecule has 6 heteroatoms. The number of carbonyl (C=O) groups excluding carboxylic acids is 2. The van der Waals surface area contributed by atoms with Crippen molar-refractivity contribution >= 4 is 23.2 Å². The van der Waals surface area contributed by atoms with Crippen molar-refractivity contribution in [3.8, 4) is 16.9 Å². The minimum Gasteiger partial charge on any atom is -0.488 e. The first-order valence-corrected chi connectivity index (χ1v) is 13.9. The van der Waals surface area contributed by atoms with Crippen LogP contribution in [0.5, 0.6) is 5.75 Å². The number of hydrogen-bond donors (Lipinski definition) is 1. The third kappa shape index (κ3) is 10.4. The van der Waals surface area contributed by atoms with Gasteiger partial charge in [-0.1, -0.05) is 98.8 Å². The van der Waals surface area contributed by atoms with E-state index in [0.717, 1.165) is 45.1 Å². The molecular weight excluding hydrogens is 514 g/mol. The number of ether oxygens (including phenoxy) is 3. The summed E-state index contributed by atoms with van der Waals surface area (Å²) >= 11 is 0. The standard InChI is InChI=1S/C31H31NO4.C2H6O.C2H6/c1-31(2,3)36-30(34)32-28(19-20-33)24-15-13-23(14-16-24)25-17-18-29(27-12-8-7-11-26(25)27)35-21-22-9-5-4-6-10-22;1-3-2;1-2/h4-18,20,28H,19,21H2,1-3H3,(H,32,34);1-2H3;1-2H3. The molecule has 1 unspecified atom stereocenters. The van der Waals surface area contributed by atoms with Crippen LogP contribution in [0.2, 0.25) is 0 Å². The Hall–Kier alpha value is -4.16. The van der Waals surface area contributed by atoms with Gasteiger partial charge in [0.1, 0.15) is 24.2 Å². The van der Waals surface area contributed by atoms with Crippen LogP contribution in [0.1, 0.15) is 58.2 Å². The maximum Gasteiger partial charge on any atom is 0.408 e. The summed E-state index contributed by atoms with van der Waals surface area (Å²) in [7, 11) is 3.25. The number of nitrogens with one attached hydrogen (secondary N) is 1. The number of methoxy groups -OCH3 is 1. The van der Waals surface area contributed by atoms with Crippen LogP contribution in [0.4, 0.5) is 4.79 Å². The van der Waals surface area contributed by atoms with Crippen LogP contribution in [-0.4, -0.2) is 32.2 Å². The van der Waals surface area contributed by atoms with Crippen molar-refractivity contribution < 1.29 is 23.8 Å². The van der Waals surface area contributed by atoms with Gasteiger partial charge in [0.05, 0.1) is 6.04 Å². The van der Waals surface area contributed by atoms with E-state index in [9.17, 15) is 9.59 Å². The van der Waals surface area contributed by atoms with Crippen LogP contribution in [0.25, 0.3) is 21.9 Å². The van der Waals surface area contributed by atoms with Gasteiger partial charge in [0, 0.05) is 26.0 Å². The molecule has 0 fully saturated rings. The average Bonchev–Trinajstić information content (AvgIpc) is 2.97. The predicted molar refractivity (Wildman–Crippen MR) is 167 cm³/mol. The van der Waals surface area contributed by atoms with E-state index in [1.165, 1.54) is 0 Å². The topological polar surface area (TPSA) is 73.9 Å². The van der Waals surface area contributed by atoms with Crippen molar-refractivity contribution in [2.75, 3.05) is 14.2 Å². The number of rotatable bonds is 8. The van der Waals surface area contributed by atoms with Crippen molar-refractivity contribution in [3.05, 3.63) is 102 Å². The number of amides is 1. The number of aldehydes is 1. The molecule has 41 heavy (non-hydrogen) atoms. The molecule has 1 atom stereocenters. The van der Waals surface area contributed by atoms with Crippen LogP contribution in [-0.2, 0) is 20.9 Å². The second-order valence-corrected chi connectivity index (χ2v) is 10.1. The van der Waals surface area contributed by atoms with E-state index >= 15 is 0 Å². The van der Waals surface area contributed by atoms with Crippen molar-refractivity contribution in [1.29, 1.82) is 0 Å².